The topological polar surface area (TPSA) is 75.9 Å². The molecule has 24 heavy (non-hydrogen) atoms. The third kappa shape index (κ3) is 4.06. The van der Waals surface area contributed by atoms with Crippen LogP contribution in [0.2, 0.25) is 5.02 Å². The van der Waals surface area contributed by atoms with E-state index >= 15 is 0 Å². The molecule has 0 spiro atoms. The van der Waals surface area contributed by atoms with Crippen LogP contribution >= 0.6 is 23.8 Å². The van der Waals surface area contributed by atoms with Crippen LogP contribution in [0, 0.1) is 6.92 Å². The van der Waals surface area contributed by atoms with Gasteiger partial charge in [-0.1, -0.05) is 35.0 Å². The van der Waals surface area contributed by atoms with Crippen molar-refractivity contribution >= 4 is 34.7 Å². The van der Waals surface area contributed by atoms with Crippen LogP contribution in [0.1, 0.15) is 11.6 Å². The molecule has 2 N–H and O–H groups in total. The summed E-state index contributed by atoms with van der Waals surface area (Å²) >= 11 is 11.3. The number of rotatable bonds is 4. The van der Waals surface area contributed by atoms with Gasteiger partial charge in [0.2, 0.25) is 11.7 Å². The highest BCUT2D eigenvalue weighted by Crippen LogP contribution is 2.24. The second-order valence-electron chi connectivity index (χ2n) is 4.96. The Hall–Kier alpha value is -2.51. The quantitative estimate of drug-likeness (QED) is 0.689. The minimum atomic E-state index is 0.301. The number of hydrogen-bond acceptors (Lipinski definition) is 5. The second-order valence-corrected chi connectivity index (χ2v) is 5.78. The molecule has 0 bridgehead atoms. The van der Waals surface area contributed by atoms with Gasteiger partial charge in [-0.15, -0.1) is 0 Å². The smallest absolute Gasteiger partial charge is 0.246 e. The van der Waals surface area contributed by atoms with E-state index in [9.17, 15) is 0 Å². The first-order valence-electron chi connectivity index (χ1n) is 7.18. The predicted molar refractivity (Wildman–Crippen MR) is 96.8 cm³/mol. The van der Waals surface area contributed by atoms with Crippen molar-refractivity contribution in [1.29, 1.82) is 0 Å². The summed E-state index contributed by atoms with van der Waals surface area (Å²) in [5.41, 5.74) is 1.63. The van der Waals surface area contributed by atoms with Crippen LogP contribution in [-0.4, -0.2) is 20.2 Å². The number of hydrogen-bond donors (Lipinski definition) is 2. The van der Waals surface area contributed by atoms with Gasteiger partial charge in [0.05, 0.1) is 11.6 Å². The Labute approximate surface area is 149 Å². The zero-order valence-corrected chi connectivity index (χ0v) is 14.4. The van der Waals surface area contributed by atoms with Gasteiger partial charge in [0.15, 0.2) is 5.11 Å². The summed E-state index contributed by atoms with van der Waals surface area (Å²) in [6.07, 6.45) is 0. The first kappa shape index (κ1) is 16.4. The number of nitrogens with zero attached hydrogens (tertiary/aromatic N) is 3. The molecule has 0 aliphatic carbocycles. The molecule has 8 heteroatoms. The highest BCUT2D eigenvalue weighted by molar-refractivity contribution is 7.80. The molecule has 0 atom stereocenters. The molecule has 2 aromatic heterocycles. The first-order chi connectivity index (χ1) is 11.6. The first-order valence-corrected chi connectivity index (χ1v) is 7.96. The number of halogens is 1. The molecule has 0 radical (unpaired) electrons. The zero-order chi connectivity index (χ0) is 16.9. The summed E-state index contributed by atoms with van der Waals surface area (Å²) in [7, 11) is 0. The maximum absolute atomic E-state index is 6.12. The van der Waals surface area contributed by atoms with Gasteiger partial charge in [-0.05, 0) is 43.4 Å². The second kappa shape index (κ2) is 7.37. The van der Waals surface area contributed by atoms with Crippen molar-refractivity contribution in [3.05, 3.63) is 59.1 Å². The summed E-state index contributed by atoms with van der Waals surface area (Å²) < 4.78 is 5.21. The Bertz CT molecular complexity index is 867. The Kier molecular flexibility index (Phi) is 5.02. The summed E-state index contributed by atoms with van der Waals surface area (Å²) in [5, 5.41) is 10.9. The lowest BCUT2D eigenvalue weighted by Gasteiger charge is -2.08. The van der Waals surface area contributed by atoms with Crippen LogP contribution in [0.5, 0.6) is 0 Å². The molecule has 0 fully saturated rings. The summed E-state index contributed by atoms with van der Waals surface area (Å²) in [4.78, 5) is 8.62. The van der Waals surface area contributed by atoms with Gasteiger partial charge in [0.1, 0.15) is 5.82 Å². The van der Waals surface area contributed by atoms with E-state index in [1.165, 1.54) is 0 Å². The molecule has 0 amide bonds. The molecule has 3 rings (SSSR count). The summed E-state index contributed by atoms with van der Waals surface area (Å²) in [6.45, 7) is 2.21. The fourth-order valence-electron chi connectivity index (χ4n) is 2.01. The van der Waals surface area contributed by atoms with Crippen molar-refractivity contribution in [3.63, 3.8) is 0 Å². The average molecular weight is 360 g/mol. The lowest BCUT2D eigenvalue weighted by Crippen LogP contribution is -2.28. The van der Waals surface area contributed by atoms with Crippen LogP contribution in [0.25, 0.3) is 11.4 Å². The third-order valence-electron chi connectivity index (χ3n) is 3.11. The highest BCUT2D eigenvalue weighted by Gasteiger charge is 2.11. The van der Waals surface area contributed by atoms with Crippen molar-refractivity contribution in [1.82, 2.24) is 20.4 Å². The number of aryl methyl sites for hydroxylation is 1. The Morgan fingerprint density at radius 2 is 2.00 bits per heavy atom. The van der Waals surface area contributed by atoms with Crippen LogP contribution in [-0.2, 0) is 6.54 Å². The van der Waals surface area contributed by atoms with Crippen LogP contribution < -0.4 is 10.6 Å². The lowest BCUT2D eigenvalue weighted by atomic mass is 10.2. The van der Waals surface area contributed by atoms with Gasteiger partial charge < -0.3 is 15.2 Å². The molecule has 0 unspecified atom stereocenters. The van der Waals surface area contributed by atoms with Gasteiger partial charge in [-0.2, -0.15) is 4.98 Å². The highest BCUT2D eigenvalue weighted by atomic mass is 35.5. The zero-order valence-electron chi connectivity index (χ0n) is 12.8. The van der Waals surface area contributed by atoms with Crippen molar-refractivity contribution in [2.45, 2.75) is 13.5 Å². The number of benzene rings is 1. The lowest BCUT2D eigenvalue weighted by molar-refractivity contribution is 0.376. The molecular formula is C16H14ClN5OS. The van der Waals surface area contributed by atoms with Crippen LogP contribution in [0.3, 0.4) is 0 Å². The van der Waals surface area contributed by atoms with E-state index in [1.807, 2.05) is 43.3 Å². The van der Waals surface area contributed by atoms with E-state index in [0.717, 1.165) is 11.3 Å². The average Bonchev–Trinajstić information content (AvgIpc) is 3.02. The largest absolute Gasteiger partial charge is 0.353 e. The van der Waals surface area contributed by atoms with Crippen molar-refractivity contribution < 1.29 is 4.52 Å². The molecule has 0 aliphatic rings. The van der Waals surface area contributed by atoms with Crippen LogP contribution in [0.4, 0.5) is 5.82 Å². The standard InChI is InChI=1S/C16H14ClN5OS/c1-10-5-4-8-13(19-10)20-16(24)18-9-14-21-15(22-23-14)11-6-2-3-7-12(11)17/h2-8H,9H2,1H3,(H2,18,19,20,24). The number of aromatic nitrogens is 3. The van der Waals surface area contributed by atoms with E-state index in [0.29, 0.717) is 34.2 Å². The van der Waals surface area contributed by atoms with Crippen LogP contribution in [0.15, 0.2) is 47.0 Å². The minimum absolute atomic E-state index is 0.301. The molecule has 3 aromatic rings. The van der Waals surface area contributed by atoms with Crippen molar-refractivity contribution in [3.8, 4) is 11.4 Å². The maximum Gasteiger partial charge on any atom is 0.246 e. The molecular weight excluding hydrogens is 346 g/mol. The number of anilines is 1. The van der Waals surface area contributed by atoms with E-state index in [1.54, 1.807) is 6.07 Å². The SMILES string of the molecule is Cc1cccc(NC(=S)NCc2nc(-c3ccccc3Cl)no2)n1. The number of nitrogens with one attached hydrogen (secondary N) is 2. The van der Waals surface area contributed by atoms with E-state index in [2.05, 4.69) is 25.8 Å². The molecule has 0 saturated carbocycles. The van der Waals surface area contributed by atoms with Gasteiger partial charge >= 0.3 is 0 Å². The molecule has 0 aliphatic heterocycles. The summed E-state index contributed by atoms with van der Waals surface area (Å²) in [5.74, 6) is 1.53. The van der Waals surface area contributed by atoms with E-state index in [4.69, 9.17) is 28.3 Å². The fourth-order valence-corrected chi connectivity index (χ4v) is 2.40. The summed E-state index contributed by atoms with van der Waals surface area (Å²) in [6, 6.07) is 13.0. The van der Waals surface area contributed by atoms with Crippen molar-refractivity contribution in [2.24, 2.45) is 0 Å². The van der Waals surface area contributed by atoms with E-state index < -0.39 is 0 Å². The van der Waals surface area contributed by atoms with Gasteiger partial charge in [0, 0.05) is 11.3 Å². The van der Waals surface area contributed by atoms with E-state index in [-0.39, 0.29) is 0 Å². The normalized spacial score (nSPS) is 10.4. The third-order valence-corrected chi connectivity index (χ3v) is 3.69. The molecule has 0 saturated heterocycles. The number of pyridine rings is 1. The van der Waals surface area contributed by atoms with Crippen molar-refractivity contribution in [2.75, 3.05) is 5.32 Å². The predicted octanol–water partition coefficient (Wildman–Crippen LogP) is 3.58. The molecule has 2 heterocycles. The van der Waals surface area contributed by atoms with Gasteiger partial charge in [-0.25, -0.2) is 4.98 Å². The molecule has 6 nitrogen and oxygen atoms in total. The fraction of sp³-hybridized carbons (Fsp3) is 0.125. The Balaban J connectivity index is 1.59. The monoisotopic (exact) mass is 359 g/mol. The number of thiocarbonyl (C=S) groups is 1. The molecule has 122 valence electrons. The Morgan fingerprint density at radius 3 is 2.79 bits per heavy atom. The Morgan fingerprint density at radius 1 is 1.17 bits per heavy atom. The maximum atomic E-state index is 6.12. The van der Waals surface area contributed by atoms with Gasteiger partial charge in [-0.3, -0.25) is 0 Å². The minimum Gasteiger partial charge on any atom is -0.353 e. The van der Waals surface area contributed by atoms with Gasteiger partial charge in [0.25, 0.3) is 0 Å². The molecule has 1 aromatic carbocycles.